The van der Waals surface area contributed by atoms with Crippen molar-refractivity contribution in [2.75, 3.05) is 13.3 Å². The molecule has 0 bridgehead atoms. The van der Waals surface area contributed by atoms with Crippen LogP contribution in [0.1, 0.15) is 19.8 Å². The van der Waals surface area contributed by atoms with Crippen molar-refractivity contribution >= 4 is 27.4 Å². The Morgan fingerprint density at radius 3 is 3.00 bits per heavy atom. The number of hydrogen-bond donors (Lipinski definition) is 0. The third kappa shape index (κ3) is 4.39. The molecule has 2 nitrogen and oxygen atoms in total. The molecular weight excluding hydrogens is 210 g/mol. The monoisotopic (exact) mass is 226 g/mol. The van der Waals surface area contributed by atoms with Gasteiger partial charge in [0.05, 0.1) is 6.61 Å². The maximum Gasteiger partial charge on any atom is 0.171 e. The summed E-state index contributed by atoms with van der Waals surface area (Å²) in [5.74, 6) is 0.747. The lowest BCUT2D eigenvalue weighted by atomic mass is 10.0. The molecule has 12 heavy (non-hydrogen) atoms. The predicted molar refractivity (Wildman–Crippen MR) is 59.4 cm³/mol. The maximum absolute atomic E-state index is 5.52. The lowest BCUT2D eigenvalue weighted by molar-refractivity contribution is -0.109. The molecule has 0 aromatic carbocycles. The highest BCUT2D eigenvalue weighted by Crippen LogP contribution is 2.54. The van der Waals surface area contributed by atoms with Crippen LogP contribution in [-0.4, -0.2) is 19.6 Å². The first kappa shape index (κ1) is 11.2. The van der Waals surface area contributed by atoms with E-state index in [0.29, 0.717) is 0 Å². The first-order valence-electron chi connectivity index (χ1n) is 4.12. The van der Waals surface area contributed by atoms with Crippen molar-refractivity contribution in [3.63, 3.8) is 0 Å². The lowest BCUT2D eigenvalue weighted by Gasteiger charge is -2.26. The van der Waals surface area contributed by atoms with Gasteiger partial charge in [-0.15, -0.1) is 0 Å². The molecule has 4 unspecified atom stereocenters. The first-order chi connectivity index (χ1) is 5.68. The second-order valence-electron chi connectivity index (χ2n) is 3.15. The Balaban J connectivity index is 2.14. The first-order valence-corrected chi connectivity index (χ1v) is 8.87. The van der Waals surface area contributed by atoms with Crippen molar-refractivity contribution in [3.8, 4) is 0 Å². The van der Waals surface area contributed by atoms with Crippen molar-refractivity contribution in [1.29, 1.82) is 0 Å². The minimum absolute atomic E-state index is 0.0317. The molecule has 4 atom stereocenters. The summed E-state index contributed by atoms with van der Waals surface area (Å²) in [4.78, 5) is 0. The van der Waals surface area contributed by atoms with Crippen molar-refractivity contribution in [2.24, 2.45) is 5.92 Å². The second kappa shape index (κ2) is 5.78. The second-order valence-corrected chi connectivity index (χ2v) is 10.2. The summed E-state index contributed by atoms with van der Waals surface area (Å²) < 4.78 is 11.0. The molecule has 0 N–H and O–H groups in total. The fourth-order valence-electron chi connectivity index (χ4n) is 1.10. The molecule has 1 fully saturated rings. The fraction of sp³-hybridized carbons (Fsp3) is 1.00. The summed E-state index contributed by atoms with van der Waals surface area (Å²) in [6.07, 6.45) is 2.25. The van der Waals surface area contributed by atoms with Crippen LogP contribution >= 0.6 is 27.4 Å². The molecule has 1 saturated heterocycles. The standard InChI is InChI=1S/C7H16O2P2S/c1-6-3-4-8-7(5-6)9-12-11(2)10/h6-7H,3-5,10H2,1-2H3. The Labute approximate surface area is 82.0 Å². The third-order valence-electron chi connectivity index (χ3n) is 1.78. The minimum atomic E-state index is -0.108. The normalized spacial score (nSPS) is 33.2. The van der Waals surface area contributed by atoms with Crippen molar-refractivity contribution in [3.05, 3.63) is 0 Å². The van der Waals surface area contributed by atoms with Gasteiger partial charge in [0, 0.05) is 18.1 Å². The summed E-state index contributed by atoms with van der Waals surface area (Å²) in [5.41, 5.74) is 0. The molecule has 1 rings (SSSR count). The Morgan fingerprint density at radius 1 is 1.67 bits per heavy atom. The van der Waals surface area contributed by atoms with Crippen LogP contribution in [0.2, 0.25) is 0 Å². The quantitative estimate of drug-likeness (QED) is 0.543. The summed E-state index contributed by atoms with van der Waals surface area (Å²) >= 11 is 1.54. The molecule has 1 aliphatic rings. The molecule has 5 heteroatoms. The van der Waals surface area contributed by atoms with Gasteiger partial charge in [-0.05, 0) is 25.8 Å². The highest BCUT2D eigenvalue weighted by molar-refractivity contribution is 8.69. The van der Waals surface area contributed by atoms with Crippen LogP contribution < -0.4 is 0 Å². The van der Waals surface area contributed by atoms with Crippen molar-refractivity contribution in [1.82, 2.24) is 0 Å². The van der Waals surface area contributed by atoms with E-state index >= 15 is 0 Å². The van der Waals surface area contributed by atoms with Gasteiger partial charge >= 0.3 is 0 Å². The van der Waals surface area contributed by atoms with E-state index in [1.165, 1.54) is 6.42 Å². The van der Waals surface area contributed by atoms with Crippen LogP contribution in [0.25, 0.3) is 0 Å². The molecule has 0 radical (unpaired) electrons. The minimum Gasteiger partial charge on any atom is -0.352 e. The molecule has 1 aliphatic heterocycles. The molecule has 72 valence electrons. The van der Waals surface area contributed by atoms with Gasteiger partial charge in [-0.2, -0.15) is 0 Å². The van der Waals surface area contributed by atoms with Crippen molar-refractivity contribution in [2.45, 2.75) is 26.1 Å². The summed E-state index contributed by atoms with van der Waals surface area (Å²) in [6.45, 7) is 5.14. The van der Waals surface area contributed by atoms with Crippen LogP contribution in [-0.2, 0) is 8.92 Å². The van der Waals surface area contributed by atoms with E-state index < -0.39 is 0 Å². The molecule has 0 amide bonds. The molecule has 1 heterocycles. The van der Waals surface area contributed by atoms with Gasteiger partial charge in [0.1, 0.15) is 0 Å². The van der Waals surface area contributed by atoms with Gasteiger partial charge in [-0.25, -0.2) is 0 Å². The van der Waals surface area contributed by atoms with Gasteiger partial charge in [-0.1, -0.05) is 15.9 Å². The Kier molecular flexibility index (Phi) is 5.39. The zero-order chi connectivity index (χ0) is 8.97. The summed E-state index contributed by atoms with van der Waals surface area (Å²) in [7, 11) is 2.75. The fourth-order valence-corrected chi connectivity index (χ4v) is 2.61. The highest BCUT2D eigenvalue weighted by Gasteiger charge is 2.20. The Bertz CT molecular complexity index is 135. The van der Waals surface area contributed by atoms with Gasteiger partial charge in [0.2, 0.25) is 0 Å². The van der Waals surface area contributed by atoms with Crippen molar-refractivity contribution < 1.29 is 8.92 Å². The highest BCUT2D eigenvalue weighted by atomic mass is 32.9. The SMILES string of the molecule is CC1CCOC(OSP(C)P)C1. The number of hydrogen-bond acceptors (Lipinski definition) is 3. The molecule has 0 aromatic heterocycles. The largest absolute Gasteiger partial charge is 0.352 e. The van der Waals surface area contributed by atoms with Gasteiger partial charge in [0.15, 0.2) is 6.29 Å². The average molecular weight is 226 g/mol. The molecule has 0 spiro atoms. The van der Waals surface area contributed by atoms with Crippen LogP contribution in [0, 0.1) is 5.92 Å². The average Bonchev–Trinajstić information content (AvgIpc) is 2.01. The lowest BCUT2D eigenvalue weighted by Crippen LogP contribution is -2.24. The smallest absolute Gasteiger partial charge is 0.171 e. The van der Waals surface area contributed by atoms with Gasteiger partial charge in [-0.3, -0.25) is 4.18 Å². The van der Waals surface area contributed by atoms with Crippen LogP contribution in [0.5, 0.6) is 0 Å². The number of ether oxygens (including phenoxy) is 1. The van der Waals surface area contributed by atoms with E-state index in [1.807, 2.05) is 0 Å². The van der Waals surface area contributed by atoms with Gasteiger partial charge in [0.25, 0.3) is 0 Å². The summed E-state index contributed by atoms with van der Waals surface area (Å²) in [5, 5.41) is 0. The topological polar surface area (TPSA) is 18.5 Å². The van der Waals surface area contributed by atoms with E-state index in [2.05, 4.69) is 22.5 Å². The van der Waals surface area contributed by atoms with E-state index in [1.54, 1.807) is 11.7 Å². The molecule has 0 saturated carbocycles. The number of rotatable bonds is 3. The summed E-state index contributed by atoms with van der Waals surface area (Å²) in [6, 6.07) is 0. The van der Waals surface area contributed by atoms with Crippen LogP contribution in [0.3, 0.4) is 0 Å². The molecule has 0 aliphatic carbocycles. The Hall–Kier alpha value is 1.13. The van der Waals surface area contributed by atoms with Crippen LogP contribution in [0.15, 0.2) is 0 Å². The molecular formula is C7H16O2P2S. The van der Waals surface area contributed by atoms with E-state index in [0.717, 1.165) is 18.9 Å². The van der Waals surface area contributed by atoms with E-state index in [-0.39, 0.29) is 13.1 Å². The van der Waals surface area contributed by atoms with Crippen LogP contribution in [0.4, 0.5) is 0 Å². The predicted octanol–water partition coefficient (Wildman–Crippen LogP) is 3.24. The maximum atomic E-state index is 5.52. The van der Waals surface area contributed by atoms with Gasteiger partial charge < -0.3 is 4.74 Å². The zero-order valence-corrected chi connectivity index (χ0v) is 10.4. The molecule has 0 aromatic rings. The Morgan fingerprint density at radius 2 is 2.42 bits per heavy atom. The third-order valence-corrected chi connectivity index (χ3v) is 4.05. The van der Waals surface area contributed by atoms with E-state index in [9.17, 15) is 0 Å². The zero-order valence-electron chi connectivity index (χ0n) is 7.53. The van der Waals surface area contributed by atoms with E-state index in [4.69, 9.17) is 8.92 Å².